The first-order chi connectivity index (χ1) is 12.5. The second-order valence-electron chi connectivity index (χ2n) is 6.31. The topological polar surface area (TPSA) is 58.6 Å². The van der Waals surface area contributed by atoms with Gasteiger partial charge in [-0.05, 0) is 71.7 Å². The van der Waals surface area contributed by atoms with Gasteiger partial charge in [0.05, 0.1) is 12.0 Å². The van der Waals surface area contributed by atoms with Gasteiger partial charge in [-0.15, -0.1) is 0 Å². The lowest BCUT2D eigenvalue weighted by Crippen LogP contribution is -2.36. The summed E-state index contributed by atoms with van der Waals surface area (Å²) in [6, 6.07) is 14.7. The maximum absolute atomic E-state index is 12.7. The van der Waals surface area contributed by atoms with E-state index in [1.54, 1.807) is 31.4 Å². The van der Waals surface area contributed by atoms with E-state index in [1.807, 2.05) is 24.3 Å². The number of sulfonamides is 1. The van der Waals surface area contributed by atoms with Crippen LogP contribution in [0.4, 0.5) is 0 Å². The first-order valence-electron chi connectivity index (χ1n) is 8.63. The van der Waals surface area contributed by atoms with E-state index in [0.29, 0.717) is 11.0 Å². The highest BCUT2D eigenvalue weighted by Crippen LogP contribution is 2.27. The lowest BCUT2D eigenvalue weighted by Gasteiger charge is -2.28. The van der Waals surface area contributed by atoms with Crippen molar-refractivity contribution in [2.75, 3.05) is 26.7 Å². The Morgan fingerprint density at radius 1 is 1.12 bits per heavy atom. The predicted molar refractivity (Wildman–Crippen MR) is 106 cm³/mol. The van der Waals surface area contributed by atoms with E-state index in [0.717, 1.165) is 37.2 Å². The molecule has 1 saturated heterocycles. The van der Waals surface area contributed by atoms with Crippen molar-refractivity contribution in [3.8, 4) is 5.75 Å². The molecule has 1 heterocycles. The van der Waals surface area contributed by atoms with Gasteiger partial charge >= 0.3 is 0 Å². The van der Waals surface area contributed by atoms with Crippen molar-refractivity contribution in [3.63, 3.8) is 0 Å². The van der Waals surface area contributed by atoms with Crippen molar-refractivity contribution in [2.24, 2.45) is 0 Å². The van der Waals surface area contributed by atoms with Gasteiger partial charge in [0.25, 0.3) is 0 Å². The number of nitrogens with zero attached hydrogens (tertiary/aromatic N) is 1. The lowest BCUT2D eigenvalue weighted by atomic mass is 10.1. The Hall–Kier alpha value is -1.41. The number of hydrogen-bond donors (Lipinski definition) is 1. The number of likely N-dealkylation sites (tertiary alicyclic amines) is 1. The Morgan fingerprint density at radius 2 is 1.77 bits per heavy atom. The Labute approximate surface area is 163 Å². The van der Waals surface area contributed by atoms with Crippen LogP contribution < -0.4 is 9.46 Å². The SMILES string of the molecule is COc1ccc(C(CNS(=O)(=O)c2ccccc2Br)N2CCCC2)cc1. The van der Waals surface area contributed by atoms with Gasteiger partial charge in [-0.2, -0.15) is 0 Å². The molecule has 0 radical (unpaired) electrons. The summed E-state index contributed by atoms with van der Waals surface area (Å²) >= 11 is 3.32. The van der Waals surface area contributed by atoms with Gasteiger partial charge in [0.1, 0.15) is 5.75 Å². The molecule has 1 fully saturated rings. The molecule has 1 atom stereocenters. The number of nitrogens with one attached hydrogen (secondary N) is 1. The number of halogens is 1. The molecule has 1 N–H and O–H groups in total. The Kier molecular flexibility index (Phi) is 6.34. The smallest absolute Gasteiger partial charge is 0.241 e. The van der Waals surface area contributed by atoms with Crippen LogP contribution in [0.1, 0.15) is 24.4 Å². The molecular formula is C19H23BrN2O3S. The Balaban J connectivity index is 1.80. The molecule has 0 bridgehead atoms. The summed E-state index contributed by atoms with van der Waals surface area (Å²) in [5.74, 6) is 0.794. The zero-order valence-corrected chi connectivity index (χ0v) is 17.1. The molecule has 2 aromatic carbocycles. The van der Waals surface area contributed by atoms with Crippen LogP contribution in [-0.4, -0.2) is 40.1 Å². The van der Waals surface area contributed by atoms with Gasteiger partial charge in [0.2, 0.25) is 10.0 Å². The number of rotatable bonds is 7. The molecule has 3 rings (SSSR count). The molecule has 5 nitrogen and oxygen atoms in total. The quantitative estimate of drug-likeness (QED) is 0.717. The molecule has 1 aliphatic rings. The van der Waals surface area contributed by atoms with Gasteiger partial charge in [0.15, 0.2) is 0 Å². The fraction of sp³-hybridized carbons (Fsp3) is 0.368. The van der Waals surface area contributed by atoms with Gasteiger partial charge in [-0.3, -0.25) is 4.90 Å². The largest absolute Gasteiger partial charge is 0.497 e. The van der Waals surface area contributed by atoms with Crippen LogP contribution in [0.2, 0.25) is 0 Å². The molecular weight excluding hydrogens is 416 g/mol. The molecule has 26 heavy (non-hydrogen) atoms. The van der Waals surface area contributed by atoms with E-state index in [4.69, 9.17) is 4.74 Å². The lowest BCUT2D eigenvalue weighted by molar-refractivity contribution is 0.246. The summed E-state index contributed by atoms with van der Waals surface area (Å²) in [6.45, 7) is 2.29. The van der Waals surface area contributed by atoms with Crippen molar-refractivity contribution in [3.05, 3.63) is 58.6 Å². The van der Waals surface area contributed by atoms with Crippen LogP contribution >= 0.6 is 15.9 Å². The highest BCUT2D eigenvalue weighted by Gasteiger charge is 2.26. The number of ether oxygens (including phenoxy) is 1. The van der Waals surface area contributed by atoms with Gasteiger partial charge < -0.3 is 4.74 Å². The van der Waals surface area contributed by atoms with E-state index in [2.05, 4.69) is 25.6 Å². The number of methoxy groups -OCH3 is 1. The summed E-state index contributed by atoms with van der Waals surface area (Å²) in [6.07, 6.45) is 2.28. The minimum Gasteiger partial charge on any atom is -0.497 e. The predicted octanol–water partition coefficient (Wildman–Crippen LogP) is 3.57. The van der Waals surface area contributed by atoms with E-state index in [9.17, 15) is 8.42 Å². The van der Waals surface area contributed by atoms with Crippen LogP contribution in [0.25, 0.3) is 0 Å². The minimum atomic E-state index is -3.58. The van der Waals surface area contributed by atoms with Crippen molar-refractivity contribution < 1.29 is 13.2 Å². The molecule has 7 heteroatoms. The van der Waals surface area contributed by atoms with Crippen molar-refractivity contribution in [1.29, 1.82) is 0 Å². The van der Waals surface area contributed by atoms with Gasteiger partial charge in [-0.25, -0.2) is 13.1 Å². The third-order valence-electron chi connectivity index (χ3n) is 4.67. The average Bonchev–Trinajstić information content (AvgIpc) is 3.17. The zero-order chi connectivity index (χ0) is 18.6. The van der Waals surface area contributed by atoms with Crippen molar-refractivity contribution in [1.82, 2.24) is 9.62 Å². The monoisotopic (exact) mass is 438 g/mol. The van der Waals surface area contributed by atoms with Gasteiger partial charge in [0, 0.05) is 17.1 Å². The minimum absolute atomic E-state index is 0.000619. The highest BCUT2D eigenvalue weighted by molar-refractivity contribution is 9.10. The maximum atomic E-state index is 12.7. The summed E-state index contributed by atoms with van der Waals surface area (Å²) in [5, 5.41) is 0. The van der Waals surface area contributed by atoms with Crippen LogP contribution in [-0.2, 0) is 10.0 Å². The van der Waals surface area contributed by atoms with Crippen LogP contribution in [0.5, 0.6) is 5.75 Å². The molecule has 0 aromatic heterocycles. The van der Waals surface area contributed by atoms with Crippen LogP contribution in [0.15, 0.2) is 57.9 Å². The molecule has 1 aliphatic heterocycles. The summed E-state index contributed by atoms with van der Waals surface area (Å²) in [7, 11) is -1.95. The molecule has 140 valence electrons. The normalized spacial score (nSPS) is 16.5. The van der Waals surface area contributed by atoms with Crippen LogP contribution in [0.3, 0.4) is 0 Å². The molecule has 1 unspecified atom stereocenters. The van der Waals surface area contributed by atoms with Crippen LogP contribution in [0, 0.1) is 0 Å². The standard InChI is InChI=1S/C19H23BrN2O3S/c1-25-16-10-8-15(9-11-16)18(22-12-4-5-13-22)14-21-26(23,24)19-7-3-2-6-17(19)20/h2-3,6-11,18,21H,4-5,12-14H2,1H3. The third-order valence-corrected chi connectivity index (χ3v) is 7.11. The molecule has 2 aromatic rings. The summed E-state index contributed by atoms with van der Waals surface area (Å²) in [5.41, 5.74) is 1.09. The number of benzene rings is 2. The number of hydrogen-bond acceptors (Lipinski definition) is 4. The fourth-order valence-electron chi connectivity index (χ4n) is 3.27. The molecule has 0 saturated carbocycles. The van der Waals surface area contributed by atoms with Crippen molar-refractivity contribution in [2.45, 2.75) is 23.8 Å². The third kappa shape index (κ3) is 4.46. The van der Waals surface area contributed by atoms with Crippen molar-refractivity contribution >= 4 is 26.0 Å². The average molecular weight is 439 g/mol. The van der Waals surface area contributed by atoms with E-state index < -0.39 is 10.0 Å². The second kappa shape index (κ2) is 8.52. The summed E-state index contributed by atoms with van der Waals surface area (Å²) < 4.78 is 34.0. The molecule has 0 spiro atoms. The molecule has 0 amide bonds. The highest BCUT2D eigenvalue weighted by atomic mass is 79.9. The fourth-order valence-corrected chi connectivity index (χ4v) is 5.31. The second-order valence-corrected chi connectivity index (χ2v) is 8.90. The zero-order valence-electron chi connectivity index (χ0n) is 14.7. The van der Waals surface area contributed by atoms with Gasteiger partial charge in [-0.1, -0.05) is 24.3 Å². The Morgan fingerprint density at radius 3 is 2.38 bits per heavy atom. The molecule has 0 aliphatic carbocycles. The Bertz CT molecular complexity index is 834. The first kappa shape index (κ1) is 19.4. The van der Waals surface area contributed by atoms with E-state index in [-0.39, 0.29) is 10.9 Å². The first-order valence-corrected chi connectivity index (χ1v) is 10.9. The maximum Gasteiger partial charge on any atom is 0.241 e. The summed E-state index contributed by atoms with van der Waals surface area (Å²) in [4.78, 5) is 2.60. The van der Waals surface area contributed by atoms with E-state index in [1.165, 1.54) is 0 Å². The van der Waals surface area contributed by atoms with E-state index >= 15 is 0 Å².